The predicted octanol–water partition coefficient (Wildman–Crippen LogP) is 0.576. The maximum atomic E-state index is 12.5. The summed E-state index contributed by atoms with van der Waals surface area (Å²) in [6, 6.07) is 9.34. The molecule has 2 aromatic rings. The molecule has 0 unspecified atom stereocenters. The fourth-order valence-electron chi connectivity index (χ4n) is 3.00. The maximum Gasteiger partial charge on any atom is 0.251 e. The van der Waals surface area contributed by atoms with Crippen molar-refractivity contribution in [1.29, 1.82) is 0 Å². The first-order valence-electron chi connectivity index (χ1n) is 8.27. The van der Waals surface area contributed by atoms with Crippen LogP contribution in [0.1, 0.15) is 16.8 Å². The summed E-state index contributed by atoms with van der Waals surface area (Å²) in [6.45, 7) is 0.0346. The average Bonchev–Trinajstić information content (AvgIpc) is 3.31. The number of hydrogen-bond donors (Lipinski definition) is 3. The fraction of sp³-hybridized carbons (Fsp3) is 0.278. The topological polar surface area (TPSA) is 118 Å². The van der Waals surface area contributed by atoms with E-state index in [9.17, 15) is 14.4 Å². The smallest absolute Gasteiger partial charge is 0.251 e. The summed E-state index contributed by atoms with van der Waals surface area (Å²) in [5, 5.41) is 5.57. The van der Waals surface area contributed by atoms with Crippen molar-refractivity contribution in [2.24, 2.45) is 5.73 Å². The van der Waals surface area contributed by atoms with Gasteiger partial charge in [0.1, 0.15) is 12.3 Å². The van der Waals surface area contributed by atoms with Gasteiger partial charge in [0.2, 0.25) is 11.8 Å². The van der Waals surface area contributed by atoms with Crippen molar-refractivity contribution in [1.82, 2.24) is 10.2 Å². The number of carbonyl (C=O) groups is 3. The van der Waals surface area contributed by atoms with Crippen LogP contribution in [0.2, 0.25) is 0 Å². The second-order valence-electron chi connectivity index (χ2n) is 6.04. The number of amides is 3. The van der Waals surface area contributed by atoms with Gasteiger partial charge in [-0.15, -0.1) is 0 Å². The molecule has 3 amide bonds. The molecule has 4 N–H and O–H groups in total. The summed E-state index contributed by atoms with van der Waals surface area (Å²) in [7, 11) is 0. The molecule has 1 aliphatic heterocycles. The van der Waals surface area contributed by atoms with Crippen molar-refractivity contribution in [2.45, 2.75) is 18.5 Å². The van der Waals surface area contributed by atoms with Gasteiger partial charge in [-0.3, -0.25) is 14.4 Å². The Morgan fingerprint density at radius 1 is 1.19 bits per heavy atom. The Kier molecular flexibility index (Phi) is 5.33. The van der Waals surface area contributed by atoms with Gasteiger partial charge in [0, 0.05) is 18.2 Å². The molecule has 3 rings (SSSR count). The van der Waals surface area contributed by atoms with Crippen LogP contribution in [-0.4, -0.2) is 47.8 Å². The minimum Gasteiger partial charge on any atom is -0.470 e. The fourth-order valence-corrected chi connectivity index (χ4v) is 3.00. The van der Waals surface area contributed by atoms with E-state index in [1.165, 1.54) is 17.4 Å². The van der Waals surface area contributed by atoms with E-state index < -0.39 is 6.04 Å². The summed E-state index contributed by atoms with van der Waals surface area (Å²) in [5.74, 6) is -0.926. The molecule has 1 fully saturated rings. The molecule has 8 nitrogen and oxygen atoms in total. The molecule has 2 heterocycles. The third kappa shape index (κ3) is 3.92. The minimum absolute atomic E-state index is 0.200. The molecule has 8 heteroatoms. The van der Waals surface area contributed by atoms with Crippen molar-refractivity contribution < 1.29 is 18.8 Å². The van der Waals surface area contributed by atoms with Gasteiger partial charge in [0.25, 0.3) is 5.91 Å². The third-order valence-corrected chi connectivity index (χ3v) is 4.26. The second-order valence-corrected chi connectivity index (χ2v) is 6.04. The summed E-state index contributed by atoms with van der Waals surface area (Å²) in [5.41, 5.74) is 6.49. The van der Waals surface area contributed by atoms with Crippen LogP contribution in [-0.2, 0) is 9.59 Å². The number of nitrogens with zero attached hydrogens (tertiary/aromatic N) is 1. The summed E-state index contributed by atoms with van der Waals surface area (Å²) in [6.07, 6.45) is 3.15. The van der Waals surface area contributed by atoms with Gasteiger partial charge in [-0.05, 0) is 24.6 Å². The van der Waals surface area contributed by atoms with Crippen LogP contribution in [0.3, 0.4) is 0 Å². The second kappa shape index (κ2) is 7.83. The van der Waals surface area contributed by atoms with Crippen LogP contribution in [0, 0.1) is 0 Å². The lowest BCUT2D eigenvalue weighted by Crippen LogP contribution is -2.46. The van der Waals surface area contributed by atoms with Gasteiger partial charge in [-0.1, -0.05) is 18.2 Å². The lowest BCUT2D eigenvalue weighted by Gasteiger charge is -2.22. The molecule has 1 aromatic carbocycles. The lowest BCUT2D eigenvalue weighted by molar-refractivity contribution is -0.135. The highest BCUT2D eigenvalue weighted by Gasteiger charge is 2.39. The molecule has 136 valence electrons. The van der Waals surface area contributed by atoms with Crippen LogP contribution in [0.4, 0.5) is 5.69 Å². The van der Waals surface area contributed by atoms with Crippen LogP contribution < -0.4 is 16.4 Å². The Morgan fingerprint density at radius 2 is 1.96 bits per heavy atom. The highest BCUT2D eigenvalue weighted by Crippen LogP contribution is 2.21. The normalized spacial score (nSPS) is 19.2. The first kappa shape index (κ1) is 17.7. The van der Waals surface area contributed by atoms with E-state index in [4.69, 9.17) is 10.2 Å². The number of nitrogens with one attached hydrogen (secondary N) is 2. The molecular formula is C18H20N4O4. The van der Waals surface area contributed by atoms with E-state index in [1.807, 2.05) is 6.07 Å². The Hall–Kier alpha value is -3.13. The van der Waals surface area contributed by atoms with Gasteiger partial charge in [-0.2, -0.15) is 0 Å². The largest absolute Gasteiger partial charge is 0.470 e. The minimum atomic E-state index is -0.706. The van der Waals surface area contributed by atoms with Crippen molar-refractivity contribution in [2.75, 3.05) is 18.4 Å². The van der Waals surface area contributed by atoms with E-state index in [0.29, 0.717) is 17.7 Å². The van der Waals surface area contributed by atoms with E-state index in [0.717, 1.165) is 0 Å². The highest BCUT2D eigenvalue weighted by molar-refractivity contribution is 5.98. The lowest BCUT2D eigenvalue weighted by atomic mass is 10.1. The van der Waals surface area contributed by atoms with Crippen LogP contribution in [0.15, 0.2) is 53.3 Å². The van der Waals surface area contributed by atoms with Crippen molar-refractivity contribution in [3.63, 3.8) is 0 Å². The monoisotopic (exact) mass is 356 g/mol. The Bertz CT molecular complexity index is 776. The van der Waals surface area contributed by atoms with Gasteiger partial charge >= 0.3 is 0 Å². The molecule has 1 aromatic heterocycles. The van der Waals surface area contributed by atoms with Crippen LogP contribution >= 0.6 is 0 Å². The van der Waals surface area contributed by atoms with Crippen molar-refractivity contribution >= 4 is 23.4 Å². The molecule has 1 aliphatic rings. The van der Waals surface area contributed by atoms with Gasteiger partial charge in [0.05, 0.1) is 18.5 Å². The molecule has 0 radical (unpaired) electrons. The molecule has 1 saturated heterocycles. The Balaban J connectivity index is 1.69. The summed E-state index contributed by atoms with van der Waals surface area (Å²) in [4.78, 5) is 38.4. The molecule has 0 spiro atoms. The van der Waals surface area contributed by atoms with E-state index in [1.54, 1.807) is 30.3 Å². The zero-order valence-corrected chi connectivity index (χ0v) is 14.1. The SMILES string of the molecule is NCC(=O)N1C[C@H](NC(=O)c2ccccc2)C[C@H]1C(=O)Nc1ccoc1. The standard InChI is InChI=1S/C18H20N4O4/c19-9-16(23)22-10-14(21-17(24)12-4-2-1-3-5-12)8-15(22)18(25)20-13-6-7-26-11-13/h1-7,11,14-15H,8-10,19H2,(H,20,25)(H,21,24)/t14-,15+/m1/s1. The highest BCUT2D eigenvalue weighted by atomic mass is 16.3. The van der Waals surface area contributed by atoms with Gasteiger partial charge < -0.3 is 25.7 Å². The van der Waals surface area contributed by atoms with Crippen molar-refractivity contribution in [3.05, 3.63) is 54.5 Å². The van der Waals surface area contributed by atoms with Gasteiger partial charge in [-0.25, -0.2) is 0 Å². The predicted molar refractivity (Wildman–Crippen MR) is 94.2 cm³/mol. The van der Waals surface area contributed by atoms with Crippen LogP contribution in [0.25, 0.3) is 0 Å². The first-order chi connectivity index (χ1) is 12.6. The molecule has 0 saturated carbocycles. The van der Waals surface area contributed by atoms with E-state index in [2.05, 4.69) is 10.6 Å². The zero-order valence-electron chi connectivity index (χ0n) is 14.1. The Labute approximate surface area is 150 Å². The number of benzene rings is 1. The van der Waals surface area contributed by atoms with Crippen LogP contribution in [0.5, 0.6) is 0 Å². The molecule has 0 bridgehead atoms. The summed E-state index contributed by atoms with van der Waals surface area (Å²) < 4.78 is 4.92. The molecular weight excluding hydrogens is 336 g/mol. The zero-order chi connectivity index (χ0) is 18.5. The molecule has 0 aliphatic carbocycles. The average molecular weight is 356 g/mol. The summed E-state index contributed by atoms with van der Waals surface area (Å²) >= 11 is 0. The maximum absolute atomic E-state index is 12.5. The van der Waals surface area contributed by atoms with E-state index in [-0.39, 0.29) is 36.9 Å². The van der Waals surface area contributed by atoms with E-state index >= 15 is 0 Å². The number of carbonyl (C=O) groups excluding carboxylic acids is 3. The van der Waals surface area contributed by atoms with Crippen molar-refractivity contribution in [3.8, 4) is 0 Å². The number of anilines is 1. The number of hydrogen-bond acceptors (Lipinski definition) is 5. The molecule has 2 atom stereocenters. The van der Waals surface area contributed by atoms with Gasteiger partial charge in [0.15, 0.2) is 0 Å². The Morgan fingerprint density at radius 3 is 2.62 bits per heavy atom. The number of nitrogens with two attached hydrogens (primary N) is 1. The quantitative estimate of drug-likeness (QED) is 0.724. The third-order valence-electron chi connectivity index (χ3n) is 4.26. The molecule has 26 heavy (non-hydrogen) atoms. The number of furan rings is 1. The number of rotatable bonds is 5. The number of likely N-dealkylation sites (tertiary alicyclic amines) is 1. The first-order valence-corrected chi connectivity index (χ1v) is 8.27.